The Kier molecular flexibility index (Phi) is 7.46. The van der Waals surface area contributed by atoms with Gasteiger partial charge in [-0.1, -0.05) is 26.0 Å². The Morgan fingerprint density at radius 3 is 2.43 bits per heavy atom. The van der Waals surface area contributed by atoms with Gasteiger partial charge >= 0.3 is 5.97 Å². The Morgan fingerprint density at radius 1 is 1.19 bits per heavy atom. The number of esters is 1. The molecule has 0 atom stereocenters. The highest BCUT2D eigenvalue weighted by molar-refractivity contribution is 5.89. The third kappa shape index (κ3) is 6.90. The van der Waals surface area contributed by atoms with Gasteiger partial charge in [-0.15, -0.1) is 0 Å². The molecular weight excluding hydrogens is 268 g/mol. The van der Waals surface area contributed by atoms with Gasteiger partial charge in [0.05, 0.1) is 12.7 Å². The van der Waals surface area contributed by atoms with Gasteiger partial charge < -0.3 is 15.4 Å². The lowest BCUT2D eigenvalue weighted by atomic mass is 10.1. The van der Waals surface area contributed by atoms with Crippen molar-refractivity contribution in [3.05, 3.63) is 35.4 Å². The Morgan fingerprint density at radius 2 is 1.86 bits per heavy atom. The predicted molar refractivity (Wildman–Crippen MR) is 82.0 cm³/mol. The number of rotatable bonds is 8. The lowest BCUT2D eigenvalue weighted by Gasteiger charge is -2.08. The van der Waals surface area contributed by atoms with Gasteiger partial charge in [0.25, 0.3) is 0 Å². The number of methoxy groups -OCH3 is 1. The molecule has 116 valence electrons. The third-order valence-electron chi connectivity index (χ3n) is 3.00. The monoisotopic (exact) mass is 292 g/mol. The van der Waals surface area contributed by atoms with Crippen LogP contribution in [0.5, 0.6) is 0 Å². The molecule has 0 aliphatic heterocycles. The number of amides is 1. The molecule has 0 fully saturated rings. The number of carbonyl (C=O) groups is 2. The SMILES string of the molecule is COC(=O)c1ccc(CNC(=O)CCCNC(C)C)cc1. The van der Waals surface area contributed by atoms with E-state index in [1.54, 1.807) is 12.1 Å². The maximum Gasteiger partial charge on any atom is 0.337 e. The largest absolute Gasteiger partial charge is 0.465 e. The fraction of sp³-hybridized carbons (Fsp3) is 0.500. The van der Waals surface area contributed by atoms with E-state index in [9.17, 15) is 9.59 Å². The average molecular weight is 292 g/mol. The summed E-state index contributed by atoms with van der Waals surface area (Å²) in [5, 5.41) is 6.14. The highest BCUT2D eigenvalue weighted by Gasteiger charge is 2.05. The highest BCUT2D eigenvalue weighted by atomic mass is 16.5. The maximum absolute atomic E-state index is 11.7. The molecule has 1 amide bonds. The number of nitrogens with one attached hydrogen (secondary N) is 2. The third-order valence-corrected chi connectivity index (χ3v) is 3.00. The maximum atomic E-state index is 11.7. The molecule has 0 aromatic heterocycles. The van der Waals surface area contributed by atoms with Crippen molar-refractivity contribution < 1.29 is 14.3 Å². The highest BCUT2D eigenvalue weighted by Crippen LogP contribution is 2.05. The van der Waals surface area contributed by atoms with Crippen molar-refractivity contribution in [2.75, 3.05) is 13.7 Å². The van der Waals surface area contributed by atoms with Crippen LogP contribution < -0.4 is 10.6 Å². The van der Waals surface area contributed by atoms with Crippen LogP contribution in [-0.4, -0.2) is 31.6 Å². The smallest absolute Gasteiger partial charge is 0.337 e. The van der Waals surface area contributed by atoms with E-state index in [2.05, 4.69) is 29.2 Å². The average Bonchev–Trinajstić information content (AvgIpc) is 2.49. The standard InChI is InChI=1S/C16H24N2O3/c1-12(2)17-10-4-5-15(19)18-11-13-6-8-14(9-7-13)16(20)21-3/h6-9,12,17H,4-5,10-11H2,1-3H3,(H,18,19). The molecule has 5 heteroatoms. The van der Waals surface area contributed by atoms with Gasteiger partial charge in [0, 0.05) is 19.0 Å². The van der Waals surface area contributed by atoms with E-state index in [1.807, 2.05) is 12.1 Å². The zero-order valence-corrected chi connectivity index (χ0v) is 12.9. The van der Waals surface area contributed by atoms with Gasteiger partial charge in [-0.05, 0) is 30.7 Å². The number of hydrogen-bond acceptors (Lipinski definition) is 4. The van der Waals surface area contributed by atoms with E-state index in [-0.39, 0.29) is 11.9 Å². The summed E-state index contributed by atoms with van der Waals surface area (Å²) in [6, 6.07) is 7.46. The van der Waals surface area contributed by atoms with Crippen molar-refractivity contribution in [2.45, 2.75) is 39.3 Å². The Hall–Kier alpha value is -1.88. The second kappa shape index (κ2) is 9.13. The minimum atomic E-state index is -0.358. The van der Waals surface area contributed by atoms with E-state index < -0.39 is 0 Å². The van der Waals surface area contributed by atoms with Crippen molar-refractivity contribution in [1.82, 2.24) is 10.6 Å². The zero-order chi connectivity index (χ0) is 15.7. The van der Waals surface area contributed by atoms with E-state index in [0.29, 0.717) is 24.6 Å². The quantitative estimate of drug-likeness (QED) is 0.567. The molecule has 0 heterocycles. The number of benzene rings is 1. The molecule has 1 rings (SSSR count). The van der Waals surface area contributed by atoms with Gasteiger partial charge in [-0.25, -0.2) is 4.79 Å². The van der Waals surface area contributed by atoms with Crippen LogP contribution in [0.3, 0.4) is 0 Å². The molecule has 0 saturated carbocycles. The zero-order valence-electron chi connectivity index (χ0n) is 12.9. The second-order valence-electron chi connectivity index (χ2n) is 5.18. The van der Waals surface area contributed by atoms with Crippen LogP contribution in [0, 0.1) is 0 Å². The van der Waals surface area contributed by atoms with Gasteiger partial charge in [0.1, 0.15) is 0 Å². The van der Waals surface area contributed by atoms with Crippen LogP contribution in [-0.2, 0) is 16.1 Å². The summed E-state index contributed by atoms with van der Waals surface area (Å²) in [4.78, 5) is 23.0. The van der Waals surface area contributed by atoms with Crippen LogP contribution in [0.1, 0.15) is 42.6 Å². The Balaban J connectivity index is 2.28. The molecule has 0 saturated heterocycles. The molecule has 21 heavy (non-hydrogen) atoms. The van der Waals surface area contributed by atoms with Crippen molar-refractivity contribution in [3.8, 4) is 0 Å². The molecule has 0 bridgehead atoms. The summed E-state index contributed by atoms with van der Waals surface area (Å²) in [6.45, 7) is 5.48. The summed E-state index contributed by atoms with van der Waals surface area (Å²) in [5.74, 6) is -0.319. The first-order valence-electron chi connectivity index (χ1n) is 7.20. The molecule has 2 N–H and O–H groups in total. The van der Waals surface area contributed by atoms with Crippen LogP contribution in [0.15, 0.2) is 24.3 Å². The molecule has 5 nitrogen and oxygen atoms in total. The molecule has 0 aliphatic carbocycles. The van der Waals surface area contributed by atoms with E-state index in [1.165, 1.54) is 7.11 Å². The number of hydrogen-bond donors (Lipinski definition) is 2. The minimum absolute atomic E-state index is 0.0394. The van der Waals surface area contributed by atoms with Gasteiger partial charge in [0.15, 0.2) is 0 Å². The predicted octanol–water partition coefficient (Wildman–Crippen LogP) is 1.87. The number of carbonyl (C=O) groups excluding carboxylic acids is 2. The Labute approximate surface area is 126 Å². The first kappa shape index (κ1) is 17.2. The van der Waals surface area contributed by atoms with Crippen LogP contribution in [0.25, 0.3) is 0 Å². The fourth-order valence-electron chi connectivity index (χ4n) is 1.81. The molecule has 0 spiro atoms. The fourth-order valence-corrected chi connectivity index (χ4v) is 1.81. The van der Waals surface area contributed by atoms with Gasteiger partial charge in [-0.3, -0.25) is 4.79 Å². The van der Waals surface area contributed by atoms with Crippen LogP contribution >= 0.6 is 0 Å². The van der Waals surface area contributed by atoms with Crippen LogP contribution in [0.2, 0.25) is 0 Å². The minimum Gasteiger partial charge on any atom is -0.465 e. The summed E-state index contributed by atoms with van der Waals surface area (Å²) < 4.78 is 4.63. The second-order valence-corrected chi connectivity index (χ2v) is 5.18. The van der Waals surface area contributed by atoms with Crippen molar-refractivity contribution in [1.29, 1.82) is 0 Å². The molecule has 1 aromatic rings. The first-order chi connectivity index (χ1) is 10.0. The topological polar surface area (TPSA) is 67.4 Å². The lowest BCUT2D eigenvalue weighted by Crippen LogP contribution is -2.27. The molecule has 0 radical (unpaired) electrons. The first-order valence-corrected chi connectivity index (χ1v) is 7.20. The molecule has 0 aliphatic rings. The lowest BCUT2D eigenvalue weighted by molar-refractivity contribution is -0.121. The summed E-state index contributed by atoms with van der Waals surface area (Å²) in [7, 11) is 1.35. The number of ether oxygens (including phenoxy) is 1. The molecule has 1 aromatic carbocycles. The van der Waals surface area contributed by atoms with Gasteiger partial charge in [-0.2, -0.15) is 0 Å². The summed E-state index contributed by atoms with van der Waals surface area (Å²) in [5.41, 5.74) is 1.46. The summed E-state index contributed by atoms with van der Waals surface area (Å²) >= 11 is 0. The van der Waals surface area contributed by atoms with E-state index in [4.69, 9.17) is 0 Å². The normalized spacial score (nSPS) is 10.5. The Bertz CT molecular complexity index is 455. The van der Waals surface area contributed by atoms with Gasteiger partial charge in [0.2, 0.25) is 5.91 Å². The van der Waals surface area contributed by atoms with Crippen molar-refractivity contribution >= 4 is 11.9 Å². The molecule has 0 unspecified atom stereocenters. The van der Waals surface area contributed by atoms with E-state index >= 15 is 0 Å². The van der Waals surface area contributed by atoms with Crippen molar-refractivity contribution in [3.63, 3.8) is 0 Å². The van der Waals surface area contributed by atoms with Crippen LogP contribution in [0.4, 0.5) is 0 Å². The summed E-state index contributed by atoms with van der Waals surface area (Å²) in [6.07, 6.45) is 1.34. The molecular formula is C16H24N2O3. The van der Waals surface area contributed by atoms with E-state index in [0.717, 1.165) is 18.5 Å². The van der Waals surface area contributed by atoms with Crippen molar-refractivity contribution in [2.24, 2.45) is 0 Å².